The molecule has 2 rings (SSSR count). The van der Waals surface area contributed by atoms with Gasteiger partial charge in [-0.05, 0) is 34.3 Å². The van der Waals surface area contributed by atoms with Crippen LogP contribution in [0, 0.1) is 0 Å². The van der Waals surface area contributed by atoms with E-state index >= 15 is 0 Å². The zero-order chi connectivity index (χ0) is 15.3. The summed E-state index contributed by atoms with van der Waals surface area (Å²) in [4.78, 5) is 0. The number of benzene rings is 2. The number of rotatable bonds is 6. The Kier molecular flexibility index (Phi) is 5.46. The molecule has 2 aromatic carbocycles. The second-order valence-corrected chi connectivity index (χ2v) is 11.2. The van der Waals surface area contributed by atoms with Crippen molar-refractivity contribution in [3.63, 3.8) is 0 Å². The maximum atomic E-state index is 6.71. The van der Waals surface area contributed by atoms with Gasteiger partial charge in [0.05, 0.1) is 0 Å². The summed E-state index contributed by atoms with van der Waals surface area (Å²) in [7, 11) is 0. The molecular weight excluding hydrogens is 315 g/mol. The third-order valence-corrected chi connectivity index (χ3v) is 8.13. The smallest absolute Gasteiger partial charge is 0.134 e. The Labute approximate surface area is 137 Å². The Hall–Kier alpha value is -1.28. The molecule has 0 spiro atoms. The van der Waals surface area contributed by atoms with Gasteiger partial charge in [0, 0.05) is 0 Å². The third-order valence-electron chi connectivity index (χ3n) is 3.39. The van der Waals surface area contributed by atoms with E-state index < -0.39 is 6.69 Å². The van der Waals surface area contributed by atoms with Crippen molar-refractivity contribution in [1.82, 2.24) is 0 Å². The van der Waals surface area contributed by atoms with Gasteiger partial charge < -0.3 is 0 Å². The summed E-state index contributed by atoms with van der Waals surface area (Å²) in [6.45, 7) is 4.84. The van der Waals surface area contributed by atoms with E-state index in [4.69, 9.17) is 22.2 Å². The van der Waals surface area contributed by atoms with Gasteiger partial charge in [0.25, 0.3) is 0 Å². The van der Waals surface area contributed by atoms with Crippen molar-refractivity contribution in [2.24, 2.45) is 0 Å². The largest absolute Gasteiger partial charge is 0.310 e. The third kappa shape index (κ3) is 3.88. The van der Waals surface area contributed by atoms with Crippen LogP contribution in [0.3, 0.4) is 0 Å². The van der Waals surface area contributed by atoms with Gasteiger partial charge in [0.15, 0.2) is 0 Å². The van der Waals surface area contributed by atoms with Crippen molar-refractivity contribution >= 4 is 39.2 Å². The Morgan fingerprint density at radius 1 is 0.714 bits per heavy atom. The second kappa shape index (κ2) is 7.12. The van der Waals surface area contributed by atoms with Crippen LogP contribution in [0.2, 0.25) is 0 Å². The van der Waals surface area contributed by atoms with Crippen molar-refractivity contribution < 1.29 is 0 Å². The molecule has 0 N–H and O–H groups in total. The highest BCUT2D eigenvalue weighted by molar-refractivity contribution is 7.56. The van der Waals surface area contributed by atoms with Crippen molar-refractivity contribution in [2.75, 3.05) is 0 Å². The average Bonchev–Trinajstić information content (AvgIpc) is 2.49. The van der Waals surface area contributed by atoms with Crippen LogP contribution in [0.25, 0.3) is 0 Å². The fraction of sp³-hybridized carbons (Fsp3) is 0.111. The zero-order valence-corrected chi connectivity index (χ0v) is 14.4. The predicted molar refractivity (Wildman–Crippen MR) is 97.4 cm³/mol. The molecule has 0 aliphatic rings. The summed E-state index contributed by atoms with van der Waals surface area (Å²) < 4.78 is 0. The van der Waals surface area contributed by atoms with Crippen molar-refractivity contribution in [3.8, 4) is 0 Å². The fourth-order valence-electron chi connectivity index (χ4n) is 2.20. The lowest BCUT2D eigenvalue weighted by Crippen LogP contribution is -2.48. The zero-order valence-electron chi connectivity index (χ0n) is 11.9. The number of halogens is 2. The molecule has 0 bridgehead atoms. The Morgan fingerprint density at radius 2 is 1.05 bits per heavy atom. The SMILES string of the molecule is C=CCc1ccc([Si](Cl)(Cl)c2ccc(CC=C)cc2)cc1. The van der Waals surface area contributed by atoms with E-state index in [0.29, 0.717) is 0 Å². The fourth-order valence-corrected chi connectivity index (χ4v) is 5.22. The molecule has 2 aromatic rings. The standard InChI is InChI=1S/C18H18Cl2Si/c1-3-5-15-7-11-17(12-8-15)21(19,20)18-13-9-16(6-4-2)10-14-18/h3-4,7-14H,1-2,5-6H2. The number of hydrogen-bond acceptors (Lipinski definition) is 0. The normalized spacial score (nSPS) is 11.1. The van der Waals surface area contributed by atoms with Gasteiger partial charge in [-0.25, -0.2) is 0 Å². The quantitative estimate of drug-likeness (QED) is 0.423. The van der Waals surface area contributed by atoms with E-state index in [0.717, 1.165) is 23.2 Å². The summed E-state index contributed by atoms with van der Waals surface area (Å²) in [5.74, 6) is 0. The van der Waals surface area contributed by atoms with Gasteiger partial charge in [0.2, 0.25) is 0 Å². The van der Waals surface area contributed by atoms with Gasteiger partial charge in [-0.15, -0.1) is 35.3 Å². The number of hydrogen-bond donors (Lipinski definition) is 0. The molecule has 21 heavy (non-hydrogen) atoms. The van der Waals surface area contributed by atoms with Gasteiger partial charge in [0.1, 0.15) is 0 Å². The molecule has 0 radical (unpaired) electrons. The van der Waals surface area contributed by atoms with Crippen LogP contribution in [-0.4, -0.2) is 6.69 Å². The monoisotopic (exact) mass is 332 g/mol. The molecule has 0 aliphatic heterocycles. The average molecular weight is 333 g/mol. The first-order valence-corrected chi connectivity index (χ1v) is 10.9. The molecule has 0 aromatic heterocycles. The first-order chi connectivity index (χ1) is 10.1. The highest BCUT2D eigenvalue weighted by Crippen LogP contribution is 2.16. The van der Waals surface area contributed by atoms with Gasteiger partial charge in [-0.2, -0.15) is 0 Å². The molecule has 3 heteroatoms. The molecule has 0 saturated carbocycles. The van der Waals surface area contributed by atoms with Crippen LogP contribution in [-0.2, 0) is 12.8 Å². The maximum absolute atomic E-state index is 6.71. The lowest BCUT2D eigenvalue weighted by molar-refractivity contribution is 1.28. The Bertz CT molecular complexity index is 557. The van der Waals surface area contributed by atoms with Crippen LogP contribution in [0.4, 0.5) is 0 Å². The minimum Gasteiger partial charge on any atom is -0.134 e. The molecule has 0 fully saturated rings. The Morgan fingerprint density at radius 3 is 1.33 bits per heavy atom. The highest BCUT2D eigenvalue weighted by Gasteiger charge is 2.33. The van der Waals surface area contributed by atoms with Gasteiger partial charge in [-0.1, -0.05) is 60.7 Å². The highest BCUT2D eigenvalue weighted by atomic mass is 35.7. The topological polar surface area (TPSA) is 0 Å². The molecule has 0 saturated heterocycles. The summed E-state index contributed by atoms with van der Waals surface area (Å²) in [6, 6.07) is 16.4. The van der Waals surface area contributed by atoms with E-state index in [2.05, 4.69) is 37.4 Å². The second-order valence-electron chi connectivity index (χ2n) is 4.95. The van der Waals surface area contributed by atoms with Gasteiger partial charge >= 0.3 is 6.69 Å². The lowest BCUT2D eigenvalue weighted by atomic mass is 10.1. The lowest BCUT2D eigenvalue weighted by Gasteiger charge is -2.18. The van der Waals surface area contributed by atoms with Crippen LogP contribution in [0.5, 0.6) is 0 Å². The first kappa shape index (κ1) is 16.1. The molecule has 0 amide bonds. The molecular formula is C18H18Cl2Si. The van der Waals surface area contributed by atoms with E-state index in [-0.39, 0.29) is 0 Å². The molecule has 0 aliphatic carbocycles. The molecule has 0 heterocycles. The molecule has 108 valence electrons. The van der Waals surface area contributed by atoms with Crippen molar-refractivity contribution in [1.29, 1.82) is 0 Å². The van der Waals surface area contributed by atoms with E-state index in [1.54, 1.807) is 0 Å². The van der Waals surface area contributed by atoms with Crippen LogP contribution >= 0.6 is 22.2 Å². The molecule has 0 nitrogen and oxygen atoms in total. The van der Waals surface area contributed by atoms with Crippen LogP contribution < -0.4 is 10.4 Å². The minimum atomic E-state index is -2.65. The van der Waals surface area contributed by atoms with Crippen molar-refractivity contribution in [3.05, 3.63) is 85.0 Å². The van der Waals surface area contributed by atoms with Crippen LogP contribution in [0.1, 0.15) is 11.1 Å². The summed E-state index contributed by atoms with van der Waals surface area (Å²) in [6.07, 6.45) is 5.49. The van der Waals surface area contributed by atoms with Gasteiger partial charge in [-0.3, -0.25) is 0 Å². The molecule has 0 unspecified atom stereocenters. The predicted octanol–water partition coefficient (Wildman–Crippen LogP) is 4.18. The van der Waals surface area contributed by atoms with E-state index in [1.165, 1.54) is 11.1 Å². The Balaban J connectivity index is 2.27. The van der Waals surface area contributed by atoms with E-state index in [9.17, 15) is 0 Å². The number of allylic oxidation sites excluding steroid dienone is 2. The minimum absolute atomic E-state index is 0.857. The van der Waals surface area contributed by atoms with Crippen molar-refractivity contribution in [2.45, 2.75) is 12.8 Å². The first-order valence-electron chi connectivity index (χ1n) is 6.86. The molecule has 0 atom stereocenters. The summed E-state index contributed by atoms with van der Waals surface area (Å²) >= 11 is 13.4. The van der Waals surface area contributed by atoms with Crippen LogP contribution in [0.15, 0.2) is 73.8 Å². The maximum Gasteiger partial charge on any atom is 0.310 e. The van der Waals surface area contributed by atoms with E-state index in [1.807, 2.05) is 36.4 Å². The summed E-state index contributed by atoms with van der Waals surface area (Å²) in [5, 5.41) is 2.02. The summed E-state index contributed by atoms with van der Waals surface area (Å²) in [5.41, 5.74) is 2.43.